The molecule has 0 aliphatic carbocycles. The Morgan fingerprint density at radius 1 is 1.53 bits per heavy atom. The van der Waals surface area contributed by atoms with Gasteiger partial charge in [-0.1, -0.05) is 27.2 Å². The number of rotatable bonds is 4. The van der Waals surface area contributed by atoms with Gasteiger partial charge in [-0.3, -0.25) is 9.78 Å². The summed E-state index contributed by atoms with van der Waals surface area (Å²) in [6.07, 6.45) is 3.04. The number of hydrogen-bond acceptors (Lipinski definition) is 3. The first-order valence-electron chi connectivity index (χ1n) is 5.39. The van der Waals surface area contributed by atoms with Crippen LogP contribution in [0.3, 0.4) is 0 Å². The summed E-state index contributed by atoms with van der Waals surface area (Å²) < 4.78 is 0. The van der Waals surface area contributed by atoms with E-state index in [2.05, 4.69) is 30.7 Å². The van der Waals surface area contributed by atoms with Crippen LogP contribution in [-0.4, -0.2) is 9.97 Å². The van der Waals surface area contributed by atoms with Crippen LogP contribution in [-0.2, 0) is 5.41 Å². The van der Waals surface area contributed by atoms with Crippen LogP contribution in [0.5, 0.6) is 0 Å². The molecule has 4 nitrogen and oxygen atoms in total. The van der Waals surface area contributed by atoms with E-state index in [1.807, 2.05) is 0 Å². The lowest BCUT2D eigenvalue weighted by Gasteiger charge is -2.26. The van der Waals surface area contributed by atoms with E-state index >= 15 is 0 Å². The first kappa shape index (κ1) is 11.8. The Morgan fingerprint density at radius 2 is 2.20 bits per heavy atom. The van der Waals surface area contributed by atoms with Gasteiger partial charge in [-0.05, 0) is 12.8 Å². The van der Waals surface area contributed by atoms with Crippen LogP contribution in [0.1, 0.15) is 45.7 Å². The van der Waals surface area contributed by atoms with Crippen molar-refractivity contribution in [2.45, 2.75) is 45.4 Å². The first-order valence-corrected chi connectivity index (χ1v) is 5.39. The topological polar surface area (TPSA) is 71.8 Å². The SMILES string of the molecule is CCCC(C)(CC)c1cc(=O)[nH]c(N)n1. The molecule has 3 N–H and O–H groups in total. The fraction of sp³-hybridized carbons (Fsp3) is 0.636. The van der Waals surface area contributed by atoms with Crippen LogP contribution in [0.2, 0.25) is 0 Å². The highest BCUT2D eigenvalue weighted by Gasteiger charge is 2.25. The van der Waals surface area contributed by atoms with Gasteiger partial charge in [0, 0.05) is 11.5 Å². The van der Waals surface area contributed by atoms with Gasteiger partial charge in [0.05, 0.1) is 5.69 Å². The summed E-state index contributed by atoms with van der Waals surface area (Å²) in [5, 5.41) is 0. The molecule has 1 heterocycles. The lowest BCUT2D eigenvalue weighted by molar-refractivity contribution is 0.401. The van der Waals surface area contributed by atoms with E-state index in [0.29, 0.717) is 0 Å². The van der Waals surface area contributed by atoms with Crippen molar-refractivity contribution >= 4 is 5.95 Å². The van der Waals surface area contributed by atoms with E-state index in [9.17, 15) is 4.79 Å². The minimum atomic E-state index is -0.173. The zero-order valence-electron chi connectivity index (χ0n) is 9.63. The fourth-order valence-electron chi connectivity index (χ4n) is 1.82. The van der Waals surface area contributed by atoms with E-state index in [4.69, 9.17) is 5.73 Å². The molecule has 0 saturated carbocycles. The summed E-state index contributed by atoms with van der Waals surface area (Å²) >= 11 is 0. The molecule has 1 aromatic rings. The highest BCUT2D eigenvalue weighted by Crippen LogP contribution is 2.30. The van der Waals surface area contributed by atoms with Gasteiger partial charge in [0.2, 0.25) is 5.95 Å². The fourth-order valence-corrected chi connectivity index (χ4v) is 1.82. The normalized spacial score (nSPS) is 14.9. The molecule has 0 radical (unpaired) electrons. The van der Waals surface area contributed by atoms with Gasteiger partial charge in [-0.2, -0.15) is 0 Å². The van der Waals surface area contributed by atoms with Gasteiger partial charge in [0.1, 0.15) is 0 Å². The quantitative estimate of drug-likeness (QED) is 0.794. The summed E-state index contributed by atoms with van der Waals surface area (Å²) in [4.78, 5) is 18.0. The molecule has 1 aromatic heterocycles. The van der Waals surface area contributed by atoms with Crippen LogP contribution < -0.4 is 11.3 Å². The number of nitrogen functional groups attached to an aromatic ring is 1. The number of anilines is 1. The standard InChI is InChI=1S/C11H19N3O/c1-4-6-11(3,5-2)8-7-9(15)14-10(12)13-8/h7H,4-6H2,1-3H3,(H3,12,13,14,15). The molecule has 1 rings (SSSR count). The molecule has 0 spiro atoms. The van der Waals surface area contributed by atoms with Crippen LogP contribution in [0.15, 0.2) is 10.9 Å². The molecule has 0 aliphatic heterocycles. The van der Waals surface area contributed by atoms with Gasteiger partial charge < -0.3 is 5.73 Å². The molecule has 4 heteroatoms. The van der Waals surface area contributed by atoms with Gasteiger partial charge in [-0.15, -0.1) is 0 Å². The number of nitrogens with two attached hydrogens (primary N) is 1. The van der Waals surface area contributed by atoms with E-state index in [0.717, 1.165) is 25.0 Å². The minimum absolute atomic E-state index is 0.0445. The molecule has 0 aliphatic rings. The first-order chi connectivity index (χ1) is 7.01. The number of hydrogen-bond donors (Lipinski definition) is 2. The molecule has 0 aromatic carbocycles. The Balaban J connectivity index is 3.17. The Morgan fingerprint density at radius 3 is 2.67 bits per heavy atom. The highest BCUT2D eigenvalue weighted by atomic mass is 16.1. The largest absolute Gasteiger partial charge is 0.369 e. The summed E-state index contributed by atoms with van der Waals surface area (Å²) in [6, 6.07) is 1.55. The zero-order chi connectivity index (χ0) is 11.5. The van der Waals surface area contributed by atoms with Crippen molar-refractivity contribution in [2.75, 3.05) is 5.73 Å². The molecule has 0 amide bonds. The summed E-state index contributed by atoms with van der Waals surface area (Å²) in [7, 11) is 0. The maximum absolute atomic E-state index is 11.3. The van der Waals surface area contributed by atoms with Gasteiger partial charge in [0.25, 0.3) is 5.56 Å². The highest BCUT2D eigenvalue weighted by molar-refractivity contribution is 5.22. The number of nitrogens with zero attached hydrogens (tertiary/aromatic N) is 1. The Bertz CT molecular complexity index is 386. The second-order valence-electron chi connectivity index (χ2n) is 4.18. The van der Waals surface area contributed by atoms with Crippen molar-refractivity contribution < 1.29 is 0 Å². The van der Waals surface area contributed by atoms with E-state index in [-0.39, 0.29) is 16.9 Å². The average molecular weight is 209 g/mol. The predicted molar refractivity (Wildman–Crippen MR) is 61.8 cm³/mol. The van der Waals surface area contributed by atoms with Crippen molar-refractivity contribution in [1.82, 2.24) is 9.97 Å². The molecule has 0 saturated heterocycles. The smallest absolute Gasteiger partial charge is 0.252 e. The third-order valence-corrected chi connectivity index (χ3v) is 2.96. The maximum Gasteiger partial charge on any atom is 0.252 e. The number of H-pyrrole nitrogens is 1. The van der Waals surface area contributed by atoms with Crippen molar-refractivity contribution in [3.8, 4) is 0 Å². The third kappa shape index (κ3) is 2.58. The second-order valence-corrected chi connectivity index (χ2v) is 4.18. The van der Waals surface area contributed by atoms with Crippen molar-refractivity contribution in [1.29, 1.82) is 0 Å². The molecular weight excluding hydrogens is 190 g/mol. The van der Waals surface area contributed by atoms with E-state index < -0.39 is 0 Å². The third-order valence-electron chi connectivity index (χ3n) is 2.96. The molecule has 15 heavy (non-hydrogen) atoms. The number of nitrogens with one attached hydrogen (secondary N) is 1. The molecule has 0 bridgehead atoms. The second kappa shape index (κ2) is 4.47. The van der Waals surface area contributed by atoms with E-state index in [1.54, 1.807) is 6.07 Å². The predicted octanol–water partition coefficient (Wildman–Crippen LogP) is 1.82. The molecular formula is C11H19N3O. The van der Waals surface area contributed by atoms with Gasteiger partial charge >= 0.3 is 0 Å². The Labute approximate surface area is 89.9 Å². The average Bonchev–Trinajstić information content (AvgIpc) is 2.16. The van der Waals surface area contributed by atoms with Crippen LogP contribution in [0.4, 0.5) is 5.95 Å². The lowest BCUT2D eigenvalue weighted by Crippen LogP contribution is -2.26. The van der Waals surface area contributed by atoms with Gasteiger partial charge in [-0.25, -0.2) is 4.98 Å². The molecule has 0 fully saturated rings. The van der Waals surface area contributed by atoms with Crippen LogP contribution in [0.25, 0.3) is 0 Å². The van der Waals surface area contributed by atoms with Crippen LogP contribution >= 0.6 is 0 Å². The van der Waals surface area contributed by atoms with E-state index in [1.165, 1.54) is 0 Å². The Kier molecular flexibility index (Phi) is 3.50. The molecule has 1 atom stereocenters. The summed E-state index contributed by atoms with van der Waals surface area (Å²) in [5.41, 5.74) is 6.12. The maximum atomic E-state index is 11.3. The van der Waals surface area contributed by atoms with Crippen molar-refractivity contribution in [2.24, 2.45) is 0 Å². The Hall–Kier alpha value is -1.32. The van der Waals surface area contributed by atoms with Crippen molar-refractivity contribution in [3.63, 3.8) is 0 Å². The lowest BCUT2D eigenvalue weighted by atomic mass is 9.80. The monoisotopic (exact) mass is 209 g/mol. The molecule has 1 unspecified atom stereocenters. The molecule has 84 valence electrons. The minimum Gasteiger partial charge on any atom is -0.369 e. The summed E-state index contributed by atoms with van der Waals surface area (Å²) in [5.74, 6) is 0.202. The summed E-state index contributed by atoms with van der Waals surface area (Å²) in [6.45, 7) is 6.36. The van der Waals surface area contributed by atoms with Crippen LogP contribution in [0, 0.1) is 0 Å². The number of aromatic amines is 1. The van der Waals surface area contributed by atoms with Crippen molar-refractivity contribution in [3.05, 3.63) is 22.1 Å². The van der Waals surface area contributed by atoms with Gasteiger partial charge in [0.15, 0.2) is 0 Å². The number of aromatic nitrogens is 2. The zero-order valence-corrected chi connectivity index (χ0v) is 9.63.